The largest absolute Gasteiger partial charge is 0.373 e. The van der Waals surface area contributed by atoms with Gasteiger partial charge in [-0.3, -0.25) is 0 Å². The van der Waals surface area contributed by atoms with Gasteiger partial charge < -0.3 is 5.32 Å². The summed E-state index contributed by atoms with van der Waals surface area (Å²) in [5.41, 5.74) is 2.25. The van der Waals surface area contributed by atoms with Crippen molar-refractivity contribution in [3.05, 3.63) is 40.4 Å². The summed E-state index contributed by atoms with van der Waals surface area (Å²) in [6.07, 6.45) is 0.713. The quantitative estimate of drug-likeness (QED) is 0.927. The average Bonchev–Trinajstić information content (AvgIpc) is 2.37. The van der Waals surface area contributed by atoms with E-state index in [9.17, 15) is 4.39 Å². The van der Waals surface area contributed by atoms with Gasteiger partial charge in [0, 0.05) is 29.6 Å². The first-order chi connectivity index (χ1) is 9.05. The summed E-state index contributed by atoms with van der Waals surface area (Å²) in [5, 5.41) is 3.39. The van der Waals surface area contributed by atoms with Crippen LogP contribution in [0.4, 0.5) is 10.2 Å². The summed E-state index contributed by atoms with van der Waals surface area (Å²) in [7, 11) is 1.80. The fourth-order valence-electron chi connectivity index (χ4n) is 1.94. The number of anilines is 1. The summed E-state index contributed by atoms with van der Waals surface area (Å²) in [4.78, 5) is 8.87. The highest BCUT2D eigenvalue weighted by Crippen LogP contribution is 2.28. The van der Waals surface area contributed by atoms with Crippen LogP contribution in [0, 0.1) is 12.7 Å². The first kappa shape index (κ1) is 13.7. The van der Waals surface area contributed by atoms with Gasteiger partial charge in [0.25, 0.3) is 0 Å². The van der Waals surface area contributed by atoms with Crippen LogP contribution in [-0.2, 0) is 6.42 Å². The summed E-state index contributed by atoms with van der Waals surface area (Å²) < 4.78 is 13.5. The Kier molecular flexibility index (Phi) is 4.00. The smallest absolute Gasteiger partial charge is 0.132 e. The van der Waals surface area contributed by atoms with E-state index >= 15 is 0 Å². The van der Waals surface area contributed by atoms with Gasteiger partial charge in [-0.25, -0.2) is 14.4 Å². The predicted molar refractivity (Wildman–Crippen MR) is 76.1 cm³/mol. The molecule has 0 saturated heterocycles. The second-order valence-corrected chi connectivity index (χ2v) is 4.66. The van der Waals surface area contributed by atoms with Crippen LogP contribution in [0.1, 0.15) is 18.3 Å². The molecule has 0 aliphatic heterocycles. The van der Waals surface area contributed by atoms with Crippen LogP contribution in [0.25, 0.3) is 11.3 Å². The van der Waals surface area contributed by atoms with Crippen LogP contribution in [0.3, 0.4) is 0 Å². The predicted octanol–water partition coefficient (Wildman–Crippen LogP) is 3.85. The lowest BCUT2D eigenvalue weighted by Crippen LogP contribution is -2.04. The molecule has 19 heavy (non-hydrogen) atoms. The topological polar surface area (TPSA) is 37.8 Å². The minimum atomic E-state index is -0.371. The van der Waals surface area contributed by atoms with Crippen LogP contribution < -0.4 is 5.32 Å². The fourth-order valence-corrected chi connectivity index (χ4v) is 2.16. The van der Waals surface area contributed by atoms with Gasteiger partial charge in [0.05, 0.1) is 5.69 Å². The molecule has 1 aromatic heterocycles. The highest BCUT2D eigenvalue weighted by Gasteiger charge is 2.12. The van der Waals surface area contributed by atoms with Crippen molar-refractivity contribution in [2.75, 3.05) is 12.4 Å². The zero-order chi connectivity index (χ0) is 14.0. The van der Waals surface area contributed by atoms with Crippen molar-refractivity contribution in [3.8, 4) is 11.3 Å². The minimum absolute atomic E-state index is 0.358. The summed E-state index contributed by atoms with van der Waals surface area (Å²) in [5.74, 6) is 1.09. The standard InChI is InChI=1S/C14H15ClFN3/c1-4-12-18-13(8(2)14(17-3)19-12)9-5-10(15)7-11(16)6-9/h5-7H,4H2,1-3H3,(H,17,18,19). The molecule has 3 nitrogen and oxygen atoms in total. The van der Waals surface area contributed by atoms with E-state index in [0.29, 0.717) is 28.5 Å². The Morgan fingerprint density at radius 3 is 2.58 bits per heavy atom. The molecule has 0 atom stereocenters. The van der Waals surface area contributed by atoms with Gasteiger partial charge in [-0.05, 0) is 25.1 Å². The van der Waals surface area contributed by atoms with Gasteiger partial charge in [0.2, 0.25) is 0 Å². The van der Waals surface area contributed by atoms with E-state index in [4.69, 9.17) is 11.6 Å². The van der Waals surface area contributed by atoms with Crippen molar-refractivity contribution in [3.63, 3.8) is 0 Å². The molecule has 0 spiro atoms. The number of aryl methyl sites for hydroxylation is 1. The van der Waals surface area contributed by atoms with Crippen molar-refractivity contribution in [2.24, 2.45) is 0 Å². The van der Waals surface area contributed by atoms with Gasteiger partial charge in [-0.1, -0.05) is 18.5 Å². The van der Waals surface area contributed by atoms with Crippen molar-refractivity contribution in [1.29, 1.82) is 0 Å². The number of hydrogen-bond donors (Lipinski definition) is 1. The third kappa shape index (κ3) is 2.84. The highest BCUT2D eigenvalue weighted by molar-refractivity contribution is 6.30. The van der Waals surface area contributed by atoms with E-state index in [0.717, 1.165) is 11.4 Å². The molecule has 0 fully saturated rings. The molecule has 5 heteroatoms. The lowest BCUT2D eigenvalue weighted by atomic mass is 10.1. The van der Waals surface area contributed by atoms with Gasteiger partial charge in [0.15, 0.2) is 0 Å². The molecule has 0 aliphatic rings. The Bertz CT molecular complexity index is 594. The van der Waals surface area contributed by atoms with Crippen molar-refractivity contribution in [2.45, 2.75) is 20.3 Å². The van der Waals surface area contributed by atoms with Gasteiger partial charge in [0.1, 0.15) is 17.5 Å². The highest BCUT2D eigenvalue weighted by atomic mass is 35.5. The molecule has 0 aliphatic carbocycles. The maximum Gasteiger partial charge on any atom is 0.132 e. The number of benzene rings is 1. The SMILES string of the molecule is CCc1nc(NC)c(C)c(-c2cc(F)cc(Cl)c2)n1. The molecule has 0 bridgehead atoms. The van der Waals surface area contributed by atoms with Crippen LogP contribution in [0.15, 0.2) is 18.2 Å². The van der Waals surface area contributed by atoms with Crippen molar-refractivity contribution in [1.82, 2.24) is 9.97 Å². The number of nitrogens with zero attached hydrogens (tertiary/aromatic N) is 2. The normalized spacial score (nSPS) is 10.6. The lowest BCUT2D eigenvalue weighted by Gasteiger charge is -2.12. The Hall–Kier alpha value is -1.68. The molecule has 1 aromatic carbocycles. The maximum atomic E-state index is 13.5. The zero-order valence-corrected chi connectivity index (χ0v) is 11.8. The van der Waals surface area contributed by atoms with E-state index < -0.39 is 0 Å². The summed E-state index contributed by atoms with van der Waals surface area (Å²) >= 11 is 5.90. The van der Waals surface area contributed by atoms with E-state index in [1.165, 1.54) is 12.1 Å². The molecule has 2 aromatic rings. The van der Waals surface area contributed by atoms with Gasteiger partial charge in [-0.15, -0.1) is 0 Å². The molecular formula is C14H15ClFN3. The molecule has 0 saturated carbocycles. The monoisotopic (exact) mass is 279 g/mol. The molecular weight excluding hydrogens is 265 g/mol. The average molecular weight is 280 g/mol. The van der Waals surface area contributed by atoms with Crippen LogP contribution in [0.5, 0.6) is 0 Å². The minimum Gasteiger partial charge on any atom is -0.373 e. The van der Waals surface area contributed by atoms with E-state index in [1.54, 1.807) is 13.1 Å². The Labute approximate surface area is 116 Å². The van der Waals surface area contributed by atoms with E-state index in [-0.39, 0.29) is 5.82 Å². The zero-order valence-electron chi connectivity index (χ0n) is 11.1. The van der Waals surface area contributed by atoms with E-state index in [2.05, 4.69) is 15.3 Å². The van der Waals surface area contributed by atoms with Crippen molar-refractivity contribution >= 4 is 17.4 Å². The molecule has 2 rings (SSSR count). The number of hydrogen-bond acceptors (Lipinski definition) is 3. The fraction of sp³-hybridized carbons (Fsp3) is 0.286. The first-order valence-electron chi connectivity index (χ1n) is 6.07. The molecule has 0 radical (unpaired) electrons. The Morgan fingerprint density at radius 1 is 1.26 bits per heavy atom. The summed E-state index contributed by atoms with van der Waals surface area (Å²) in [6, 6.07) is 4.42. The number of halogens is 2. The number of rotatable bonds is 3. The third-order valence-electron chi connectivity index (χ3n) is 2.88. The Balaban J connectivity index is 2.66. The molecule has 1 heterocycles. The molecule has 0 unspecified atom stereocenters. The Morgan fingerprint density at radius 2 is 2.00 bits per heavy atom. The van der Waals surface area contributed by atoms with Crippen LogP contribution >= 0.6 is 11.6 Å². The molecule has 1 N–H and O–H groups in total. The van der Waals surface area contributed by atoms with Gasteiger partial charge >= 0.3 is 0 Å². The molecule has 0 amide bonds. The second kappa shape index (κ2) is 5.53. The second-order valence-electron chi connectivity index (χ2n) is 4.22. The van der Waals surface area contributed by atoms with Crippen LogP contribution in [-0.4, -0.2) is 17.0 Å². The van der Waals surface area contributed by atoms with Crippen molar-refractivity contribution < 1.29 is 4.39 Å². The molecule has 100 valence electrons. The van der Waals surface area contributed by atoms with Gasteiger partial charge in [-0.2, -0.15) is 0 Å². The number of nitrogens with one attached hydrogen (secondary N) is 1. The summed E-state index contributed by atoms with van der Waals surface area (Å²) in [6.45, 7) is 3.88. The van der Waals surface area contributed by atoms with E-state index in [1.807, 2.05) is 13.8 Å². The maximum absolute atomic E-state index is 13.5. The van der Waals surface area contributed by atoms with Crippen LogP contribution in [0.2, 0.25) is 5.02 Å². The third-order valence-corrected chi connectivity index (χ3v) is 3.10. The lowest BCUT2D eigenvalue weighted by molar-refractivity contribution is 0.628. The number of aromatic nitrogens is 2. The first-order valence-corrected chi connectivity index (χ1v) is 6.44.